The molecule has 1 saturated heterocycles. The van der Waals surface area contributed by atoms with Gasteiger partial charge in [0.25, 0.3) is 0 Å². The minimum absolute atomic E-state index is 0.414. The molecule has 1 aliphatic heterocycles. The highest BCUT2D eigenvalue weighted by Crippen LogP contribution is 2.29. The smallest absolute Gasteiger partial charge is 0.112 e. The third-order valence-corrected chi connectivity index (χ3v) is 5.10. The molecule has 0 amide bonds. The van der Waals surface area contributed by atoms with E-state index in [-0.39, 0.29) is 0 Å². The molecule has 24 heavy (non-hydrogen) atoms. The fourth-order valence-corrected chi connectivity index (χ4v) is 3.69. The van der Waals surface area contributed by atoms with Crippen LogP contribution in [0.4, 0.5) is 0 Å². The second-order valence-corrected chi connectivity index (χ2v) is 7.22. The Balaban J connectivity index is 1.45. The molecule has 3 heterocycles. The van der Waals surface area contributed by atoms with Crippen molar-refractivity contribution in [1.29, 1.82) is 0 Å². The van der Waals surface area contributed by atoms with Crippen molar-refractivity contribution in [1.82, 2.24) is 24.6 Å². The number of aromatic amines is 1. The van der Waals surface area contributed by atoms with Gasteiger partial charge >= 0.3 is 0 Å². The van der Waals surface area contributed by atoms with Crippen LogP contribution in [0.3, 0.4) is 0 Å². The molecule has 4 rings (SSSR count). The highest BCUT2D eigenvalue weighted by atomic mass is 15.3. The van der Waals surface area contributed by atoms with Gasteiger partial charge in [0.2, 0.25) is 0 Å². The summed E-state index contributed by atoms with van der Waals surface area (Å²) in [7, 11) is 0. The molecule has 0 saturated carbocycles. The molecule has 1 fully saturated rings. The zero-order valence-electron chi connectivity index (χ0n) is 14.9. The first kappa shape index (κ1) is 15.4. The summed E-state index contributed by atoms with van der Waals surface area (Å²) >= 11 is 0. The highest BCUT2D eigenvalue weighted by Gasteiger charge is 2.31. The van der Waals surface area contributed by atoms with Gasteiger partial charge in [-0.15, -0.1) is 0 Å². The minimum atomic E-state index is 0.414. The number of hydrogen-bond donors (Lipinski definition) is 1. The normalized spacial score (nSPS) is 16.2. The number of imidazole rings is 1. The Hall–Kier alpha value is -2.14. The Bertz CT molecular complexity index is 834. The molecule has 1 aliphatic rings. The van der Waals surface area contributed by atoms with Crippen molar-refractivity contribution >= 4 is 11.0 Å². The Morgan fingerprint density at radius 3 is 2.62 bits per heavy atom. The molecular weight excluding hydrogens is 298 g/mol. The minimum Gasteiger partial charge on any atom is -0.342 e. The monoisotopic (exact) mass is 323 g/mol. The van der Waals surface area contributed by atoms with Crippen molar-refractivity contribution in [2.45, 2.75) is 46.2 Å². The van der Waals surface area contributed by atoms with Gasteiger partial charge in [0.1, 0.15) is 5.82 Å². The molecule has 1 aromatic carbocycles. The maximum atomic E-state index is 4.74. The van der Waals surface area contributed by atoms with Crippen LogP contribution in [-0.4, -0.2) is 37.7 Å². The molecule has 0 spiro atoms. The van der Waals surface area contributed by atoms with E-state index in [2.05, 4.69) is 60.5 Å². The number of aryl methyl sites for hydroxylation is 1. The lowest BCUT2D eigenvalue weighted by Gasteiger charge is -2.38. The van der Waals surface area contributed by atoms with E-state index in [1.54, 1.807) is 0 Å². The van der Waals surface area contributed by atoms with Crippen LogP contribution in [-0.2, 0) is 6.54 Å². The second kappa shape index (κ2) is 5.74. The van der Waals surface area contributed by atoms with Gasteiger partial charge in [-0.2, -0.15) is 5.10 Å². The van der Waals surface area contributed by atoms with Gasteiger partial charge in [-0.1, -0.05) is 12.1 Å². The number of rotatable bonds is 4. The van der Waals surface area contributed by atoms with Crippen LogP contribution in [0, 0.1) is 13.8 Å². The number of aromatic nitrogens is 4. The molecular formula is C19H25N5. The lowest BCUT2D eigenvalue weighted by Crippen LogP contribution is -2.44. The highest BCUT2D eigenvalue weighted by molar-refractivity contribution is 5.74. The standard InChI is InChI=1S/C19H25N5/c1-12(2)24-14(4)16(13(3)22-24)11-23-9-15(10-23)19-20-17-7-5-6-8-18(17)21-19/h5-8,12,15H,9-11H2,1-4H3,(H,20,21). The van der Waals surface area contributed by atoms with Crippen molar-refractivity contribution in [3.8, 4) is 0 Å². The van der Waals surface area contributed by atoms with E-state index in [1.165, 1.54) is 11.3 Å². The van der Waals surface area contributed by atoms with Crippen molar-refractivity contribution in [3.63, 3.8) is 0 Å². The molecule has 0 radical (unpaired) electrons. The number of hydrogen-bond acceptors (Lipinski definition) is 3. The average molecular weight is 323 g/mol. The summed E-state index contributed by atoms with van der Waals surface area (Å²) in [5, 5.41) is 4.70. The summed E-state index contributed by atoms with van der Waals surface area (Å²) in [4.78, 5) is 10.7. The van der Waals surface area contributed by atoms with Crippen LogP contribution in [0.1, 0.15) is 48.6 Å². The molecule has 0 bridgehead atoms. The van der Waals surface area contributed by atoms with Crippen LogP contribution in [0.25, 0.3) is 11.0 Å². The Labute approximate surface area is 142 Å². The summed E-state index contributed by atoms with van der Waals surface area (Å²) in [6.07, 6.45) is 0. The van der Waals surface area contributed by atoms with Crippen molar-refractivity contribution < 1.29 is 0 Å². The van der Waals surface area contributed by atoms with E-state index in [9.17, 15) is 0 Å². The van der Waals surface area contributed by atoms with Crippen molar-refractivity contribution in [2.75, 3.05) is 13.1 Å². The Morgan fingerprint density at radius 2 is 1.96 bits per heavy atom. The number of benzene rings is 1. The third-order valence-electron chi connectivity index (χ3n) is 5.10. The third kappa shape index (κ3) is 2.53. The van der Waals surface area contributed by atoms with Gasteiger partial charge in [0.15, 0.2) is 0 Å². The first-order chi connectivity index (χ1) is 11.5. The van der Waals surface area contributed by atoms with Crippen molar-refractivity contribution in [3.05, 3.63) is 47.0 Å². The lowest BCUT2D eigenvalue weighted by molar-refractivity contribution is 0.135. The predicted octanol–water partition coefficient (Wildman–Crippen LogP) is 3.56. The molecule has 0 unspecified atom stereocenters. The zero-order valence-corrected chi connectivity index (χ0v) is 14.9. The van der Waals surface area contributed by atoms with E-state index >= 15 is 0 Å². The predicted molar refractivity (Wildman–Crippen MR) is 96.2 cm³/mol. The molecule has 1 N–H and O–H groups in total. The van der Waals surface area contributed by atoms with Crippen LogP contribution < -0.4 is 0 Å². The summed E-state index contributed by atoms with van der Waals surface area (Å²) < 4.78 is 2.14. The largest absolute Gasteiger partial charge is 0.342 e. The first-order valence-electron chi connectivity index (χ1n) is 8.74. The lowest BCUT2D eigenvalue weighted by atomic mass is 9.98. The summed E-state index contributed by atoms with van der Waals surface area (Å²) in [5.41, 5.74) is 6.04. The Morgan fingerprint density at radius 1 is 1.21 bits per heavy atom. The van der Waals surface area contributed by atoms with Crippen LogP contribution in [0.2, 0.25) is 0 Å². The average Bonchev–Trinajstić information content (AvgIpc) is 3.04. The van der Waals surface area contributed by atoms with Crippen LogP contribution in [0.5, 0.6) is 0 Å². The van der Waals surface area contributed by atoms with Gasteiger partial charge in [0, 0.05) is 42.9 Å². The topological polar surface area (TPSA) is 49.7 Å². The molecule has 0 aliphatic carbocycles. The van der Waals surface area contributed by atoms with E-state index in [4.69, 9.17) is 10.1 Å². The second-order valence-electron chi connectivity index (χ2n) is 7.22. The summed E-state index contributed by atoms with van der Waals surface area (Å²) in [5.74, 6) is 1.64. The van der Waals surface area contributed by atoms with E-state index in [0.717, 1.165) is 42.2 Å². The van der Waals surface area contributed by atoms with E-state index in [0.29, 0.717) is 12.0 Å². The quantitative estimate of drug-likeness (QED) is 0.799. The SMILES string of the molecule is Cc1nn(C(C)C)c(C)c1CN1CC(c2nc3ccccc3[nH]2)C1. The summed E-state index contributed by atoms with van der Waals surface area (Å²) in [6, 6.07) is 8.67. The van der Waals surface area contributed by atoms with Crippen LogP contribution in [0.15, 0.2) is 24.3 Å². The maximum absolute atomic E-state index is 4.74. The van der Waals surface area contributed by atoms with E-state index < -0.39 is 0 Å². The molecule has 2 aromatic heterocycles. The fourth-order valence-electron chi connectivity index (χ4n) is 3.69. The summed E-state index contributed by atoms with van der Waals surface area (Å²) in [6.45, 7) is 11.8. The van der Waals surface area contributed by atoms with Gasteiger partial charge in [-0.25, -0.2) is 4.98 Å². The van der Waals surface area contributed by atoms with Gasteiger partial charge in [0.05, 0.1) is 16.7 Å². The number of nitrogens with zero attached hydrogens (tertiary/aromatic N) is 4. The van der Waals surface area contributed by atoms with Gasteiger partial charge < -0.3 is 4.98 Å². The number of nitrogens with one attached hydrogen (secondary N) is 1. The molecule has 5 heteroatoms. The molecule has 5 nitrogen and oxygen atoms in total. The maximum Gasteiger partial charge on any atom is 0.112 e. The number of fused-ring (bicyclic) bond motifs is 1. The first-order valence-corrected chi connectivity index (χ1v) is 8.74. The van der Waals surface area contributed by atoms with Gasteiger partial charge in [-0.05, 0) is 39.8 Å². The Kier molecular flexibility index (Phi) is 3.68. The zero-order chi connectivity index (χ0) is 16.8. The fraction of sp³-hybridized carbons (Fsp3) is 0.474. The van der Waals surface area contributed by atoms with Crippen LogP contribution >= 0.6 is 0 Å². The molecule has 0 atom stereocenters. The van der Waals surface area contributed by atoms with Gasteiger partial charge in [-0.3, -0.25) is 9.58 Å². The number of likely N-dealkylation sites (tertiary alicyclic amines) is 1. The number of H-pyrrole nitrogens is 1. The molecule has 3 aromatic rings. The van der Waals surface area contributed by atoms with E-state index in [1.807, 2.05) is 6.07 Å². The molecule has 126 valence electrons. The van der Waals surface area contributed by atoms with Crippen molar-refractivity contribution in [2.24, 2.45) is 0 Å². The number of para-hydroxylation sites is 2.